The predicted molar refractivity (Wildman–Crippen MR) is 123 cm³/mol. The Morgan fingerprint density at radius 1 is 0.758 bits per heavy atom. The molecule has 202 valence electrons. The summed E-state index contributed by atoms with van der Waals surface area (Å²) >= 11 is 0. The highest BCUT2D eigenvalue weighted by Gasteiger charge is 2.12. The van der Waals surface area contributed by atoms with Gasteiger partial charge in [0.25, 0.3) is 5.97 Å². The Morgan fingerprint density at radius 3 is 1.15 bits per heavy atom. The maximum absolute atomic E-state index is 9.99. The number of hydrogen-bond donors (Lipinski definition) is 11. The number of carboxylic acids is 3. The number of phosphoric acid groups is 1. The molecule has 0 bridgehead atoms. The lowest BCUT2D eigenvalue weighted by Crippen LogP contribution is -2.30. The van der Waals surface area contributed by atoms with Crippen molar-refractivity contribution in [3.8, 4) is 0 Å². The lowest BCUT2D eigenvalue weighted by molar-refractivity contribution is -0.140. The fraction of sp³-hybridized carbons (Fsp3) is 0.824. The number of unbranched alkanes of at least 4 members (excludes halogenated alkanes) is 2. The van der Waals surface area contributed by atoms with Gasteiger partial charge < -0.3 is 58.7 Å². The molecule has 0 aromatic carbocycles. The van der Waals surface area contributed by atoms with E-state index in [1.807, 2.05) is 0 Å². The number of hydrogen-bond acceptors (Lipinski definition) is 9. The number of rotatable bonds is 10. The summed E-state index contributed by atoms with van der Waals surface area (Å²) in [5, 5.41) is 23.7. The SMILES string of the molecule is CC(=O)O.CCCCC(N)N.CCCCC(N)N.NC(CCC(=O)O)C(=O)O.O=P(O)(O)O. The Bertz CT molecular complexity index is 494. The Labute approximate surface area is 194 Å². The van der Waals surface area contributed by atoms with E-state index >= 15 is 0 Å². The quantitative estimate of drug-likeness (QED) is 0.128. The van der Waals surface area contributed by atoms with Crippen LogP contribution in [-0.4, -0.2) is 66.3 Å². The van der Waals surface area contributed by atoms with Crippen LogP contribution < -0.4 is 28.7 Å². The molecular weight excluding hydrogens is 465 g/mol. The van der Waals surface area contributed by atoms with Crippen LogP contribution in [0.15, 0.2) is 0 Å². The third-order valence-electron chi connectivity index (χ3n) is 2.77. The summed E-state index contributed by atoms with van der Waals surface area (Å²) < 4.78 is 8.88. The van der Waals surface area contributed by atoms with E-state index in [0.29, 0.717) is 0 Å². The van der Waals surface area contributed by atoms with Gasteiger partial charge in [0.2, 0.25) is 0 Å². The molecule has 1 unspecified atom stereocenters. The van der Waals surface area contributed by atoms with Crippen LogP contribution >= 0.6 is 7.82 Å². The van der Waals surface area contributed by atoms with Crippen molar-refractivity contribution in [1.82, 2.24) is 0 Å². The largest absolute Gasteiger partial charge is 0.481 e. The number of carboxylic acid groups (broad SMARTS) is 3. The van der Waals surface area contributed by atoms with Gasteiger partial charge in [0.15, 0.2) is 0 Å². The summed E-state index contributed by atoms with van der Waals surface area (Å²) in [5.41, 5.74) is 26.0. The zero-order valence-electron chi connectivity index (χ0n) is 19.5. The minimum Gasteiger partial charge on any atom is -0.481 e. The molecule has 0 amide bonds. The van der Waals surface area contributed by atoms with Crippen molar-refractivity contribution >= 4 is 25.7 Å². The van der Waals surface area contributed by atoms with Gasteiger partial charge in [-0.1, -0.05) is 39.5 Å². The Morgan fingerprint density at radius 2 is 1.03 bits per heavy atom. The zero-order valence-corrected chi connectivity index (χ0v) is 20.4. The monoisotopic (exact) mass is 509 g/mol. The van der Waals surface area contributed by atoms with Gasteiger partial charge in [0, 0.05) is 13.3 Å². The first-order chi connectivity index (χ1) is 14.8. The van der Waals surface area contributed by atoms with Crippen molar-refractivity contribution in [3.63, 3.8) is 0 Å². The second-order valence-corrected chi connectivity index (χ2v) is 7.55. The molecule has 0 rings (SSSR count). The van der Waals surface area contributed by atoms with E-state index in [4.69, 9.17) is 68.0 Å². The fourth-order valence-electron chi connectivity index (χ4n) is 1.28. The van der Waals surface area contributed by atoms with E-state index in [9.17, 15) is 9.59 Å². The Hall–Kier alpha value is -1.68. The van der Waals surface area contributed by atoms with Gasteiger partial charge in [-0.3, -0.25) is 14.4 Å². The van der Waals surface area contributed by atoms with Crippen molar-refractivity contribution in [3.05, 3.63) is 0 Å². The topological polar surface area (TPSA) is 320 Å². The van der Waals surface area contributed by atoms with Gasteiger partial charge in [0.1, 0.15) is 6.04 Å². The molecule has 0 spiro atoms. The van der Waals surface area contributed by atoms with E-state index in [0.717, 1.165) is 32.6 Å². The molecular formula is C17H44N5O10P. The third kappa shape index (κ3) is 104. The van der Waals surface area contributed by atoms with Gasteiger partial charge in [-0.2, -0.15) is 0 Å². The Balaban J connectivity index is -0.000000103. The van der Waals surface area contributed by atoms with Crippen LogP contribution in [-0.2, 0) is 18.9 Å². The minimum absolute atomic E-state index is 0.0231. The molecule has 0 saturated heterocycles. The molecule has 0 fully saturated rings. The summed E-state index contributed by atoms with van der Waals surface area (Å²) in [6.07, 6.45) is 6.16. The average Bonchev–Trinajstić information content (AvgIpc) is 2.61. The van der Waals surface area contributed by atoms with Crippen molar-refractivity contribution < 1.29 is 48.9 Å². The highest BCUT2D eigenvalue weighted by Crippen LogP contribution is 2.25. The molecule has 33 heavy (non-hydrogen) atoms. The van der Waals surface area contributed by atoms with Crippen LogP contribution in [0.4, 0.5) is 0 Å². The molecule has 0 aliphatic rings. The van der Waals surface area contributed by atoms with Crippen LogP contribution in [0.3, 0.4) is 0 Å². The highest BCUT2D eigenvalue weighted by molar-refractivity contribution is 7.45. The third-order valence-corrected chi connectivity index (χ3v) is 2.77. The fourth-order valence-corrected chi connectivity index (χ4v) is 1.28. The summed E-state index contributed by atoms with van der Waals surface area (Å²) in [5.74, 6) is -3.03. The molecule has 15 nitrogen and oxygen atoms in total. The van der Waals surface area contributed by atoms with Crippen LogP contribution in [0.1, 0.15) is 72.1 Å². The smallest absolute Gasteiger partial charge is 0.466 e. The Kier molecular flexibility index (Phi) is 35.7. The number of aliphatic carboxylic acids is 3. The summed E-state index contributed by atoms with van der Waals surface area (Å²) in [4.78, 5) is 50.4. The first-order valence-corrected chi connectivity index (χ1v) is 11.6. The molecule has 0 aromatic rings. The lowest BCUT2D eigenvalue weighted by Gasteiger charge is -2.01. The number of nitrogens with two attached hydrogens (primary N) is 5. The maximum atomic E-state index is 9.99. The maximum Gasteiger partial charge on any atom is 0.466 e. The van der Waals surface area contributed by atoms with E-state index in [-0.39, 0.29) is 25.2 Å². The molecule has 0 saturated carbocycles. The highest BCUT2D eigenvalue weighted by atomic mass is 31.2. The van der Waals surface area contributed by atoms with Crippen molar-refractivity contribution in [2.24, 2.45) is 28.7 Å². The molecule has 0 heterocycles. The number of carbonyl (C=O) groups is 3. The van der Waals surface area contributed by atoms with Crippen LogP contribution in [0.5, 0.6) is 0 Å². The van der Waals surface area contributed by atoms with Gasteiger partial charge in [0.05, 0.1) is 12.3 Å². The molecule has 0 aliphatic carbocycles. The summed E-state index contributed by atoms with van der Waals surface area (Å²) in [6.45, 7) is 5.34. The second-order valence-electron chi connectivity index (χ2n) is 6.52. The molecule has 16 N–H and O–H groups in total. The molecule has 1 atom stereocenters. The summed E-state index contributed by atoms with van der Waals surface area (Å²) in [6, 6.07) is -1.06. The van der Waals surface area contributed by atoms with E-state index in [2.05, 4.69) is 13.8 Å². The van der Waals surface area contributed by atoms with Crippen LogP contribution in [0.25, 0.3) is 0 Å². The van der Waals surface area contributed by atoms with E-state index in [1.54, 1.807) is 0 Å². The zero-order chi connectivity index (χ0) is 27.6. The predicted octanol–water partition coefficient (Wildman–Crippen LogP) is -0.734. The first kappa shape index (κ1) is 41.6. The molecule has 0 radical (unpaired) electrons. The molecule has 16 heteroatoms. The first-order valence-electron chi connectivity index (χ1n) is 10.0. The van der Waals surface area contributed by atoms with Gasteiger partial charge in [-0.25, -0.2) is 4.57 Å². The van der Waals surface area contributed by atoms with Crippen LogP contribution in [0.2, 0.25) is 0 Å². The van der Waals surface area contributed by atoms with E-state index in [1.165, 1.54) is 12.8 Å². The average molecular weight is 510 g/mol. The normalized spacial score (nSPS) is 10.7. The van der Waals surface area contributed by atoms with Crippen molar-refractivity contribution in [2.75, 3.05) is 0 Å². The minimum atomic E-state index is -4.64. The molecule has 0 aromatic heterocycles. The van der Waals surface area contributed by atoms with Gasteiger partial charge >= 0.3 is 19.8 Å². The standard InChI is InChI=1S/2C5H14N2.C5H9NO4.C2H4O2.H3O4P/c2*1-2-3-4-5(6)7;6-3(5(9)10)1-2-4(7)8;1-2(3)4;1-5(2,3)4/h2*5H,2-4,6-7H2,1H3;3H,1-2,6H2,(H,7,8)(H,9,10);1H3,(H,3,4);(H3,1,2,3,4). The van der Waals surface area contributed by atoms with Crippen molar-refractivity contribution in [2.45, 2.75) is 90.5 Å². The van der Waals surface area contributed by atoms with Crippen molar-refractivity contribution in [1.29, 1.82) is 0 Å². The van der Waals surface area contributed by atoms with Gasteiger partial charge in [-0.15, -0.1) is 0 Å². The summed E-state index contributed by atoms with van der Waals surface area (Å²) in [7, 11) is -4.64. The molecule has 0 aliphatic heterocycles. The lowest BCUT2D eigenvalue weighted by atomic mass is 10.2. The van der Waals surface area contributed by atoms with Crippen LogP contribution in [0, 0.1) is 0 Å². The van der Waals surface area contributed by atoms with Gasteiger partial charge in [-0.05, 0) is 19.3 Å². The van der Waals surface area contributed by atoms with E-state index < -0.39 is 31.8 Å². The second kappa shape index (κ2) is 28.4.